The first-order chi connectivity index (χ1) is 14.4. The number of pyridine rings is 1. The second-order valence-corrected chi connectivity index (χ2v) is 7.67. The molecule has 3 aromatic rings. The lowest BCUT2D eigenvalue weighted by Gasteiger charge is -2.32. The minimum atomic E-state index is -0.122. The second-order valence-electron chi connectivity index (χ2n) is 7.28. The van der Waals surface area contributed by atoms with Crippen molar-refractivity contribution in [2.75, 3.05) is 18.5 Å². The van der Waals surface area contributed by atoms with Crippen LogP contribution in [-0.4, -0.2) is 55.8 Å². The third-order valence-corrected chi connectivity index (χ3v) is 5.01. The SMILES string of the molecule is CC(C)Oc1nc(-c2ccc(Cl)nc2)nc2c1CN(C(=O)N(C)c1cn[nH]c1)CC2. The van der Waals surface area contributed by atoms with Crippen molar-refractivity contribution in [2.45, 2.75) is 32.9 Å². The first-order valence-corrected chi connectivity index (χ1v) is 10.00. The van der Waals surface area contributed by atoms with Crippen molar-refractivity contribution in [1.29, 1.82) is 0 Å². The molecule has 0 radical (unpaired) electrons. The van der Waals surface area contributed by atoms with Crippen LogP contribution in [0.1, 0.15) is 25.1 Å². The Morgan fingerprint density at radius 2 is 2.13 bits per heavy atom. The van der Waals surface area contributed by atoms with Crippen molar-refractivity contribution in [2.24, 2.45) is 0 Å². The summed E-state index contributed by atoms with van der Waals surface area (Å²) in [5, 5.41) is 7.04. The molecule has 3 aromatic heterocycles. The van der Waals surface area contributed by atoms with Crippen LogP contribution in [0.25, 0.3) is 11.4 Å². The zero-order valence-corrected chi connectivity index (χ0v) is 17.7. The largest absolute Gasteiger partial charge is 0.475 e. The number of carbonyl (C=O) groups excluding carboxylic acids is 1. The summed E-state index contributed by atoms with van der Waals surface area (Å²) in [6, 6.07) is 3.41. The number of carbonyl (C=O) groups is 1. The fraction of sp³-hybridized carbons (Fsp3) is 0.350. The smallest absolute Gasteiger partial charge is 0.324 e. The minimum absolute atomic E-state index is 0.0696. The van der Waals surface area contributed by atoms with E-state index >= 15 is 0 Å². The highest BCUT2D eigenvalue weighted by atomic mass is 35.5. The average Bonchev–Trinajstić information content (AvgIpc) is 3.27. The van der Waals surface area contributed by atoms with Gasteiger partial charge in [-0.2, -0.15) is 10.1 Å². The van der Waals surface area contributed by atoms with Gasteiger partial charge in [0.1, 0.15) is 5.15 Å². The molecule has 0 saturated carbocycles. The molecule has 1 aliphatic rings. The van der Waals surface area contributed by atoms with Crippen molar-refractivity contribution >= 4 is 23.3 Å². The Hall–Kier alpha value is -3.20. The number of hydrogen-bond acceptors (Lipinski definition) is 6. The Morgan fingerprint density at radius 3 is 2.80 bits per heavy atom. The van der Waals surface area contributed by atoms with E-state index in [1.807, 2.05) is 19.9 Å². The van der Waals surface area contributed by atoms with Gasteiger partial charge in [0.05, 0.1) is 35.8 Å². The molecule has 1 aliphatic heterocycles. The number of hydrogen-bond donors (Lipinski definition) is 1. The number of fused-ring (bicyclic) bond motifs is 1. The maximum Gasteiger partial charge on any atom is 0.324 e. The number of aromatic nitrogens is 5. The lowest BCUT2D eigenvalue weighted by molar-refractivity contribution is 0.193. The molecule has 0 fully saturated rings. The molecule has 4 heterocycles. The van der Waals surface area contributed by atoms with Crippen LogP contribution >= 0.6 is 11.6 Å². The average molecular weight is 428 g/mol. The lowest BCUT2D eigenvalue weighted by atomic mass is 10.1. The highest BCUT2D eigenvalue weighted by Gasteiger charge is 2.29. The van der Waals surface area contributed by atoms with Gasteiger partial charge in [-0.15, -0.1) is 0 Å². The van der Waals surface area contributed by atoms with Crippen molar-refractivity contribution < 1.29 is 9.53 Å². The highest BCUT2D eigenvalue weighted by Crippen LogP contribution is 2.30. The monoisotopic (exact) mass is 427 g/mol. The molecule has 30 heavy (non-hydrogen) atoms. The third kappa shape index (κ3) is 4.06. The van der Waals surface area contributed by atoms with Crippen LogP contribution in [-0.2, 0) is 13.0 Å². The number of amides is 2. The molecule has 0 bridgehead atoms. The minimum Gasteiger partial charge on any atom is -0.475 e. The standard InChI is InChI=1S/C20H22ClN7O2/c1-12(2)30-19-15-11-28(20(29)27(3)14-9-23-24-10-14)7-6-16(15)25-18(26-19)13-4-5-17(21)22-8-13/h4-5,8-10,12H,6-7,11H2,1-3H3,(H,23,24). The maximum absolute atomic E-state index is 13.0. The van der Waals surface area contributed by atoms with Crippen molar-refractivity contribution in [3.8, 4) is 17.3 Å². The Balaban J connectivity index is 1.65. The highest BCUT2D eigenvalue weighted by molar-refractivity contribution is 6.29. The first kappa shape index (κ1) is 20.1. The third-order valence-electron chi connectivity index (χ3n) is 4.78. The van der Waals surface area contributed by atoms with Crippen molar-refractivity contribution in [1.82, 2.24) is 30.0 Å². The van der Waals surface area contributed by atoms with Gasteiger partial charge in [0.15, 0.2) is 5.82 Å². The van der Waals surface area contributed by atoms with Crippen LogP contribution < -0.4 is 9.64 Å². The lowest BCUT2D eigenvalue weighted by Crippen LogP contribution is -2.44. The fourth-order valence-corrected chi connectivity index (χ4v) is 3.37. The molecule has 0 unspecified atom stereocenters. The Morgan fingerprint density at radius 1 is 1.30 bits per heavy atom. The maximum atomic E-state index is 13.0. The molecule has 2 amide bonds. The number of nitrogens with zero attached hydrogens (tertiary/aromatic N) is 6. The molecule has 9 nitrogen and oxygen atoms in total. The van der Waals surface area contributed by atoms with Crippen molar-refractivity contribution in [3.05, 3.63) is 47.1 Å². The second kappa shape index (κ2) is 8.27. The topological polar surface area (TPSA) is 100 Å². The summed E-state index contributed by atoms with van der Waals surface area (Å²) >= 11 is 5.90. The van der Waals surface area contributed by atoms with E-state index in [4.69, 9.17) is 21.3 Å². The van der Waals surface area contributed by atoms with Crippen molar-refractivity contribution in [3.63, 3.8) is 0 Å². The molecule has 1 N–H and O–H groups in total. The number of anilines is 1. The van der Waals surface area contributed by atoms with E-state index in [0.29, 0.717) is 42.1 Å². The quantitative estimate of drug-likeness (QED) is 0.641. The van der Waals surface area contributed by atoms with E-state index in [2.05, 4.69) is 20.2 Å². The van der Waals surface area contributed by atoms with E-state index in [1.54, 1.807) is 41.5 Å². The fourth-order valence-electron chi connectivity index (χ4n) is 3.26. The summed E-state index contributed by atoms with van der Waals surface area (Å²) in [4.78, 5) is 29.8. The van der Waals surface area contributed by atoms with Gasteiger partial charge in [-0.05, 0) is 26.0 Å². The summed E-state index contributed by atoms with van der Waals surface area (Å²) in [5.41, 5.74) is 3.16. The first-order valence-electron chi connectivity index (χ1n) is 9.62. The van der Waals surface area contributed by atoms with Gasteiger partial charge >= 0.3 is 6.03 Å². The van der Waals surface area contributed by atoms with E-state index in [-0.39, 0.29) is 12.1 Å². The number of halogens is 1. The Labute approximate surface area is 179 Å². The molecule has 0 aromatic carbocycles. The number of nitrogens with one attached hydrogen (secondary N) is 1. The molecule has 156 valence electrons. The normalized spacial score (nSPS) is 13.3. The van der Waals surface area contributed by atoms with Crippen LogP contribution in [0.15, 0.2) is 30.7 Å². The van der Waals surface area contributed by atoms with Gasteiger partial charge in [-0.25, -0.2) is 14.8 Å². The number of H-pyrrole nitrogens is 1. The van der Waals surface area contributed by atoms with E-state index in [9.17, 15) is 4.79 Å². The molecule has 0 spiro atoms. The van der Waals surface area contributed by atoms with Gasteiger partial charge in [-0.3, -0.25) is 10.00 Å². The summed E-state index contributed by atoms with van der Waals surface area (Å²) < 4.78 is 6.00. The molecule has 10 heteroatoms. The number of ether oxygens (including phenoxy) is 1. The van der Waals surface area contributed by atoms with E-state index in [1.165, 1.54) is 0 Å². The van der Waals surface area contributed by atoms with Gasteiger partial charge in [0.25, 0.3) is 0 Å². The molecular weight excluding hydrogens is 406 g/mol. The van der Waals surface area contributed by atoms with Gasteiger partial charge in [-0.1, -0.05) is 11.6 Å². The zero-order valence-electron chi connectivity index (χ0n) is 17.0. The van der Waals surface area contributed by atoms with Gasteiger partial charge in [0, 0.05) is 38.0 Å². The van der Waals surface area contributed by atoms with E-state index < -0.39 is 0 Å². The molecule has 0 saturated heterocycles. The Bertz CT molecular complexity index is 1040. The molecule has 0 aliphatic carbocycles. The zero-order chi connectivity index (χ0) is 21.3. The number of rotatable bonds is 4. The van der Waals surface area contributed by atoms with Crippen LogP contribution in [0, 0.1) is 0 Å². The molecular formula is C20H22ClN7O2. The van der Waals surface area contributed by atoms with Crippen LogP contribution in [0.3, 0.4) is 0 Å². The molecule has 4 rings (SSSR count). The van der Waals surface area contributed by atoms with Gasteiger partial charge < -0.3 is 9.64 Å². The van der Waals surface area contributed by atoms with E-state index in [0.717, 1.165) is 16.8 Å². The number of aromatic amines is 1. The van der Waals surface area contributed by atoms with Gasteiger partial charge in [0.2, 0.25) is 5.88 Å². The van der Waals surface area contributed by atoms with Crippen LogP contribution in [0.5, 0.6) is 5.88 Å². The predicted molar refractivity (Wildman–Crippen MR) is 113 cm³/mol. The van der Waals surface area contributed by atoms with Crippen LogP contribution in [0.2, 0.25) is 5.15 Å². The van der Waals surface area contributed by atoms with Crippen LogP contribution in [0.4, 0.5) is 10.5 Å². The summed E-state index contributed by atoms with van der Waals surface area (Å²) in [7, 11) is 1.72. The molecule has 0 atom stereocenters. The summed E-state index contributed by atoms with van der Waals surface area (Å²) in [5.74, 6) is 1.02. The predicted octanol–water partition coefficient (Wildman–Crippen LogP) is 3.32. The Kier molecular flexibility index (Phi) is 5.54. The summed E-state index contributed by atoms with van der Waals surface area (Å²) in [6.45, 7) is 4.80. The number of urea groups is 1. The summed E-state index contributed by atoms with van der Waals surface area (Å²) in [6.07, 6.45) is 5.46.